The third-order valence-electron chi connectivity index (χ3n) is 4.40. The van der Waals surface area contributed by atoms with E-state index in [9.17, 15) is 0 Å². The van der Waals surface area contributed by atoms with Crippen LogP contribution >= 0.6 is 0 Å². The van der Waals surface area contributed by atoms with Crippen molar-refractivity contribution < 1.29 is 0 Å². The van der Waals surface area contributed by atoms with Gasteiger partial charge in [0.2, 0.25) is 0 Å². The van der Waals surface area contributed by atoms with E-state index >= 15 is 0 Å². The molecule has 1 aliphatic heterocycles. The molecule has 1 unspecified atom stereocenters. The minimum atomic E-state index is 0.774. The lowest BCUT2D eigenvalue weighted by Gasteiger charge is -2.33. The zero-order chi connectivity index (χ0) is 13.1. The van der Waals surface area contributed by atoms with Crippen LogP contribution in [0.2, 0.25) is 0 Å². The predicted molar refractivity (Wildman–Crippen MR) is 79.3 cm³/mol. The van der Waals surface area contributed by atoms with Gasteiger partial charge >= 0.3 is 0 Å². The molecule has 3 nitrogen and oxygen atoms in total. The molecule has 1 aromatic heterocycles. The van der Waals surface area contributed by atoms with Gasteiger partial charge in [-0.25, -0.2) is 4.98 Å². The Morgan fingerprint density at radius 1 is 1.37 bits per heavy atom. The summed E-state index contributed by atoms with van der Waals surface area (Å²) < 4.78 is 0. The summed E-state index contributed by atoms with van der Waals surface area (Å²) in [5.41, 5.74) is 1.37. The lowest BCUT2D eigenvalue weighted by atomic mass is 9.95. The molecule has 1 aromatic rings. The number of piperidine rings is 1. The Morgan fingerprint density at radius 2 is 2.26 bits per heavy atom. The van der Waals surface area contributed by atoms with Gasteiger partial charge in [-0.1, -0.05) is 13.3 Å². The number of hydrogen-bond donors (Lipinski definition) is 1. The quantitative estimate of drug-likeness (QED) is 0.881. The van der Waals surface area contributed by atoms with Crippen molar-refractivity contribution in [1.82, 2.24) is 10.3 Å². The van der Waals surface area contributed by atoms with Crippen molar-refractivity contribution in [3.8, 4) is 0 Å². The van der Waals surface area contributed by atoms with Crippen LogP contribution in [-0.4, -0.2) is 24.1 Å². The van der Waals surface area contributed by atoms with Crippen molar-refractivity contribution in [3.63, 3.8) is 0 Å². The molecule has 1 saturated carbocycles. The molecule has 0 radical (unpaired) electrons. The second kappa shape index (κ2) is 5.91. The second-order valence-corrected chi connectivity index (χ2v) is 6.04. The zero-order valence-electron chi connectivity index (χ0n) is 11.9. The van der Waals surface area contributed by atoms with Gasteiger partial charge in [-0.15, -0.1) is 0 Å². The maximum Gasteiger partial charge on any atom is 0.128 e. The van der Waals surface area contributed by atoms with E-state index in [0.29, 0.717) is 0 Å². The van der Waals surface area contributed by atoms with Gasteiger partial charge < -0.3 is 10.2 Å². The molecule has 3 rings (SSSR count). The Morgan fingerprint density at radius 3 is 3.05 bits per heavy atom. The summed E-state index contributed by atoms with van der Waals surface area (Å²) in [5, 5.41) is 3.58. The van der Waals surface area contributed by atoms with E-state index in [4.69, 9.17) is 0 Å². The Bertz CT molecular complexity index is 414. The Labute approximate surface area is 116 Å². The van der Waals surface area contributed by atoms with Crippen LogP contribution in [0.3, 0.4) is 0 Å². The van der Waals surface area contributed by atoms with Gasteiger partial charge in [0, 0.05) is 31.9 Å². The van der Waals surface area contributed by atoms with Crippen molar-refractivity contribution in [3.05, 3.63) is 23.9 Å². The molecule has 3 heteroatoms. The SMILES string of the molecule is CCC1CCCN(c2cc(CNC3CC3)ccn2)C1. The van der Waals surface area contributed by atoms with E-state index in [1.165, 1.54) is 56.6 Å². The molecule has 104 valence electrons. The van der Waals surface area contributed by atoms with Crippen LogP contribution in [0.25, 0.3) is 0 Å². The average molecular weight is 259 g/mol. The van der Waals surface area contributed by atoms with Gasteiger partial charge in [0.25, 0.3) is 0 Å². The molecule has 1 saturated heterocycles. The summed E-state index contributed by atoms with van der Waals surface area (Å²) in [5.74, 6) is 2.03. The summed E-state index contributed by atoms with van der Waals surface area (Å²) in [6.07, 6.45) is 8.65. The molecule has 1 aliphatic carbocycles. The minimum Gasteiger partial charge on any atom is -0.356 e. The maximum atomic E-state index is 4.57. The highest BCUT2D eigenvalue weighted by atomic mass is 15.2. The van der Waals surface area contributed by atoms with Crippen molar-refractivity contribution in [2.45, 2.75) is 51.6 Å². The van der Waals surface area contributed by atoms with Gasteiger partial charge in [-0.3, -0.25) is 0 Å². The van der Waals surface area contributed by atoms with Crippen LogP contribution in [0.5, 0.6) is 0 Å². The van der Waals surface area contributed by atoms with E-state index in [1.54, 1.807) is 0 Å². The molecule has 1 N–H and O–H groups in total. The Kier molecular flexibility index (Phi) is 4.02. The molecule has 2 fully saturated rings. The maximum absolute atomic E-state index is 4.57. The second-order valence-electron chi connectivity index (χ2n) is 6.04. The van der Waals surface area contributed by atoms with Gasteiger partial charge in [-0.05, 0) is 49.3 Å². The van der Waals surface area contributed by atoms with Crippen LogP contribution in [0.15, 0.2) is 18.3 Å². The molecular weight excluding hydrogens is 234 g/mol. The molecule has 0 amide bonds. The molecule has 2 heterocycles. The smallest absolute Gasteiger partial charge is 0.128 e. The largest absolute Gasteiger partial charge is 0.356 e. The van der Waals surface area contributed by atoms with Crippen molar-refractivity contribution >= 4 is 5.82 Å². The summed E-state index contributed by atoms with van der Waals surface area (Å²) in [7, 11) is 0. The first-order valence-corrected chi connectivity index (χ1v) is 7.78. The highest BCUT2D eigenvalue weighted by molar-refractivity contribution is 5.41. The van der Waals surface area contributed by atoms with Crippen LogP contribution in [0.4, 0.5) is 5.82 Å². The van der Waals surface area contributed by atoms with Crippen molar-refractivity contribution in [2.24, 2.45) is 5.92 Å². The molecule has 19 heavy (non-hydrogen) atoms. The van der Waals surface area contributed by atoms with E-state index in [0.717, 1.165) is 18.5 Å². The first-order valence-electron chi connectivity index (χ1n) is 7.78. The van der Waals surface area contributed by atoms with Gasteiger partial charge in [0.05, 0.1) is 0 Å². The lowest BCUT2D eigenvalue weighted by molar-refractivity contribution is 0.403. The predicted octanol–water partition coefficient (Wildman–Crippen LogP) is 2.96. The van der Waals surface area contributed by atoms with Crippen LogP contribution in [0, 0.1) is 5.92 Å². The molecule has 1 atom stereocenters. The van der Waals surface area contributed by atoms with Crippen molar-refractivity contribution in [2.75, 3.05) is 18.0 Å². The fourth-order valence-electron chi connectivity index (χ4n) is 2.90. The van der Waals surface area contributed by atoms with E-state index in [-0.39, 0.29) is 0 Å². The van der Waals surface area contributed by atoms with E-state index < -0.39 is 0 Å². The third-order valence-corrected chi connectivity index (χ3v) is 4.40. The number of anilines is 1. The van der Waals surface area contributed by atoms with E-state index in [1.807, 2.05) is 6.20 Å². The number of pyridine rings is 1. The first kappa shape index (κ1) is 12.9. The summed E-state index contributed by atoms with van der Waals surface area (Å²) in [6, 6.07) is 5.18. The Hall–Kier alpha value is -1.09. The molecule has 0 bridgehead atoms. The summed E-state index contributed by atoms with van der Waals surface area (Å²) in [6.45, 7) is 5.65. The topological polar surface area (TPSA) is 28.2 Å². The number of nitrogens with one attached hydrogen (secondary N) is 1. The van der Waals surface area contributed by atoms with Gasteiger partial charge in [-0.2, -0.15) is 0 Å². The third kappa shape index (κ3) is 3.47. The normalized spacial score (nSPS) is 23.6. The van der Waals surface area contributed by atoms with Crippen molar-refractivity contribution in [1.29, 1.82) is 0 Å². The molecule has 0 aromatic carbocycles. The molecule has 0 spiro atoms. The van der Waals surface area contributed by atoms with Gasteiger partial charge in [0.1, 0.15) is 5.82 Å². The standard InChI is InChI=1S/C16H25N3/c1-2-13-4-3-9-19(12-13)16-10-14(7-8-17-16)11-18-15-5-6-15/h7-8,10,13,15,18H,2-6,9,11-12H2,1H3. The Balaban J connectivity index is 1.63. The first-order chi connectivity index (χ1) is 9.35. The average Bonchev–Trinajstić information content (AvgIpc) is 3.30. The fourth-order valence-corrected chi connectivity index (χ4v) is 2.90. The highest BCUT2D eigenvalue weighted by Gasteiger charge is 2.21. The number of hydrogen-bond acceptors (Lipinski definition) is 3. The number of nitrogens with zero attached hydrogens (tertiary/aromatic N) is 2. The van der Waals surface area contributed by atoms with Gasteiger partial charge in [0.15, 0.2) is 0 Å². The zero-order valence-corrected chi connectivity index (χ0v) is 11.9. The van der Waals surface area contributed by atoms with Crippen LogP contribution in [-0.2, 0) is 6.54 Å². The van der Waals surface area contributed by atoms with E-state index in [2.05, 4.69) is 34.3 Å². The number of rotatable bonds is 5. The van der Waals surface area contributed by atoms with Crippen LogP contribution in [0.1, 0.15) is 44.6 Å². The monoisotopic (exact) mass is 259 g/mol. The summed E-state index contributed by atoms with van der Waals surface area (Å²) >= 11 is 0. The molecular formula is C16H25N3. The lowest BCUT2D eigenvalue weighted by Crippen LogP contribution is -2.35. The fraction of sp³-hybridized carbons (Fsp3) is 0.688. The number of aromatic nitrogens is 1. The molecule has 2 aliphatic rings. The minimum absolute atomic E-state index is 0.774. The summed E-state index contributed by atoms with van der Waals surface area (Å²) in [4.78, 5) is 7.04. The highest BCUT2D eigenvalue weighted by Crippen LogP contribution is 2.24. The van der Waals surface area contributed by atoms with Crippen LogP contribution < -0.4 is 10.2 Å².